The van der Waals surface area contributed by atoms with Crippen LogP contribution in [0.25, 0.3) is 0 Å². The number of ether oxygens (including phenoxy) is 1. The maximum absolute atomic E-state index is 13.2. The van der Waals surface area contributed by atoms with Gasteiger partial charge in [0.2, 0.25) is 0 Å². The summed E-state index contributed by atoms with van der Waals surface area (Å²) in [4.78, 5) is 28.6. The van der Waals surface area contributed by atoms with E-state index in [0.29, 0.717) is 43.1 Å². The summed E-state index contributed by atoms with van der Waals surface area (Å²) < 4.78 is 18.3. The molecule has 1 aromatic rings. The van der Waals surface area contributed by atoms with Crippen LogP contribution in [0.4, 0.5) is 9.18 Å². The van der Waals surface area contributed by atoms with E-state index in [-0.39, 0.29) is 17.8 Å². The average Bonchev–Trinajstić information content (AvgIpc) is 2.93. The summed E-state index contributed by atoms with van der Waals surface area (Å²) >= 11 is 0. The highest BCUT2D eigenvalue weighted by Gasteiger charge is 2.43. The Balaban J connectivity index is 1.99. The third-order valence-corrected chi connectivity index (χ3v) is 4.38. The molecule has 7 heteroatoms. The van der Waals surface area contributed by atoms with Crippen LogP contribution in [0.3, 0.4) is 0 Å². The van der Waals surface area contributed by atoms with Gasteiger partial charge in [-0.1, -0.05) is 18.2 Å². The van der Waals surface area contributed by atoms with Gasteiger partial charge >= 0.3 is 6.03 Å². The topological polar surface area (TPSA) is 61.9 Å². The molecule has 0 aromatic heterocycles. The minimum absolute atomic E-state index is 0.143. The molecule has 2 aliphatic heterocycles. The van der Waals surface area contributed by atoms with Gasteiger partial charge < -0.3 is 15.0 Å². The van der Waals surface area contributed by atoms with Crippen LogP contribution in [0.5, 0.6) is 0 Å². The average molecular weight is 345 g/mol. The van der Waals surface area contributed by atoms with Gasteiger partial charge in [-0.3, -0.25) is 9.69 Å². The van der Waals surface area contributed by atoms with Crippen LogP contribution >= 0.6 is 0 Å². The van der Waals surface area contributed by atoms with Crippen molar-refractivity contribution in [2.24, 2.45) is 0 Å². The van der Waals surface area contributed by atoms with Gasteiger partial charge in [-0.25, -0.2) is 9.18 Å². The molecule has 0 saturated carbocycles. The predicted molar refractivity (Wildman–Crippen MR) is 90.1 cm³/mol. The molecule has 25 heavy (non-hydrogen) atoms. The molecule has 1 atom stereocenters. The quantitative estimate of drug-likeness (QED) is 0.800. The molecule has 2 aliphatic rings. The van der Waals surface area contributed by atoms with E-state index in [4.69, 9.17) is 4.74 Å². The maximum atomic E-state index is 13.2. The van der Waals surface area contributed by atoms with Crippen molar-refractivity contribution >= 4 is 11.9 Å². The third kappa shape index (κ3) is 3.15. The number of nitrogens with zero attached hydrogens (tertiary/aromatic N) is 2. The van der Waals surface area contributed by atoms with E-state index in [0.717, 1.165) is 0 Å². The van der Waals surface area contributed by atoms with Crippen LogP contribution in [0, 0.1) is 5.82 Å². The monoisotopic (exact) mass is 345 g/mol. The first-order valence-corrected chi connectivity index (χ1v) is 8.02. The third-order valence-electron chi connectivity index (χ3n) is 4.38. The molecule has 0 spiro atoms. The van der Waals surface area contributed by atoms with Crippen molar-refractivity contribution in [3.05, 3.63) is 59.6 Å². The molecule has 132 valence electrons. The Kier molecular flexibility index (Phi) is 4.85. The maximum Gasteiger partial charge on any atom is 0.322 e. The molecule has 1 N–H and O–H groups in total. The number of carbonyl (C=O) groups is 2. The molecule has 0 bridgehead atoms. The Bertz CT molecular complexity index is 730. The summed E-state index contributed by atoms with van der Waals surface area (Å²) in [7, 11) is 1.57. The second-order valence-corrected chi connectivity index (χ2v) is 5.91. The number of hydrogen-bond donors (Lipinski definition) is 1. The second-order valence-electron chi connectivity index (χ2n) is 5.91. The van der Waals surface area contributed by atoms with E-state index < -0.39 is 6.04 Å². The van der Waals surface area contributed by atoms with E-state index in [1.165, 1.54) is 17.0 Å². The fourth-order valence-electron chi connectivity index (χ4n) is 3.16. The van der Waals surface area contributed by atoms with Crippen molar-refractivity contribution in [1.29, 1.82) is 0 Å². The Morgan fingerprint density at radius 3 is 2.72 bits per heavy atom. The van der Waals surface area contributed by atoms with Gasteiger partial charge in [-0.15, -0.1) is 6.58 Å². The highest BCUT2D eigenvalue weighted by molar-refractivity contribution is 6.01. The zero-order valence-electron chi connectivity index (χ0n) is 14.0. The van der Waals surface area contributed by atoms with E-state index in [2.05, 4.69) is 11.9 Å². The molecule has 6 nitrogen and oxygen atoms in total. The molecule has 3 amide bonds. The molecule has 0 aliphatic carbocycles. The molecule has 0 radical (unpaired) electrons. The Morgan fingerprint density at radius 1 is 1.36 bits per heavy atom. The molecule has 3 rings (SSSR count). The van der Waals surface area contributed by atoms with E-state index in [1.54, 1.807) is 30.2 Å². The SMILES string of the molecule is C=CCN1C(=O)NC(c2ccc(F)cc2)C2=C1CN(CCOC)C2=O. The minimum atomic E-state index is -0.593. The minimum Gasteiger partial charge on any atom is -0.383 e. The lowest BCUT2D eigenvalue weighted by Crippen LogP contribution is -2.47. The predicted octanol–water partition coefficient (Wildman–Crippen LogP) is 1.82. The van der Waals surface area contributed by atoms with Crippen molar-refractivity contribution < 1.29 is 18.7 Å². The molecule has 1 unspecified atom stereocenters. The number of methoxy groups -OCH3 is 1. The molecular weight excluding hydrogens is 325 g/mol. The van der Waals surface area contributed by atoms with Crippen molar-refractivity contribution in [2.75, 3.05) is 33.4 Å². The number of rotatable bonds is 6. The van der Waals surface area contributed by atoms with Crippen LogP contribution in [0.1, 0.15) is 11.6 Å². The first-order valence-electron chi connectivity index (χ1n) is 8.02. The van der Waals surface area contributed by atoms with Crippen LogP contribution in [0.2, 0.25) is 0 Å². The lowest BCUT2D eigenvalue weighted by Gasteiger charge is -2.33. The van der Waals surface area contributed by atoms with E-state index in [1.807, 2.05) is 0 Å². The van der Waals surface area contributed by atoms with Gasteiger partial charge in [-0.2, -0.15) is 0 Å². The number of halogens is 1. The lowest BCUT2D eigenvalue weighted by atomic mass is 9.95. The summed E-state index contributed by atoms with van der Waals surface area (Å²) in [5.74, 6) is -0.511. The summed E-state index contributed by atoms with van der Waals surface area (Å²) in [6.07, 6.45) is 1.62. The van der Waals surface area contributed by atoms with Gasteiger partial charge in [0.1, 0.15) is 5.82 Å². The first-order chi connectivity index (χ1) is 12.1. The Hall–Kier alpha value is -2.67. The number of nitrogens with one attached hydrogen (secondary N) is 1. The van der Waals surface area contributed by atoms with Crippen molar-refractivity contribution in [1.82, 2.24) is 15.1 Å². The molecule has 1 aromatic carbocycles. The normalized spacial score (nSPS) is 20.0. The zero-order chi connectivity index (χ0) is 18.0. The lowest BCUT2D eigenvalue weighted by molar-refractivity contribution is -0.126. The fraction of sp³-hybridized carbons (Fsp3) is 0.333. The highest BCUT2D eigenvalue weighted by atomic mass is 19.1. The molecule has 0 fully saturated rings. The van der Waals surface area contributed by atoms with E-state index >= 15 is 0 Å². The summed E-state index contributed by atoms with van der Waals surface area (Å²) in [5, 5.41) is 2.85. The number of hydrogen-bond acceptors (Lipinski definition) is 3. The van der Waals surface area contributed by atoms with Gasteiger partial charge in [-0.05, 0) is 17.7 Å². The number of benzene rings is 1. The molecular formula is C18H20FN3O3. The van der Waals surface area contributed by atoms with Gasteiger partial charge in [0.15, 0.2) is 0 Å². The Morgan fingerprint density at radius 2 is 2.08 bits per heavy atom. The van der Waals surface area contributed by atoms with Crippen molar-refractivity contribution in [3.63, 3.8) is 0 Å². The largest absolute Gasteiger partial charge is 0.383 e. The summed E-state index contributed by atoms with van der Waals surface area (Å²) in [5.41, 5.74) is 1.85. The standard InChI is InChI=1S/C18H20FN3O3/c1-3-8-22-14-11-21(9-10-25-2)17(23)15(14)16(20-18(22)24)12-4-6-13(19)7-5-12/h3-7,16H,1,8-11H2,2H3,(H,20,24). The number of amides is 3. The van der Waals surface area contributed by atoms with Crippen molar-refractivity contribution in [2.45, 2.75) is 6.04 Å². The highest BCUT2D eigenvalue weighted by Crippen LogP contribution is 2.36. The van der Waals surface area contributed by atoms with Crippen molar-refractivity contribution in [3.8, 4) is 0 Å². The number of urea groups is 1. The van der Waals surface area contributed by atoms with Gasteiger partial charge in [0.25, 0.3) is 5.91 Å². The smallest absolute Gasteiger partial charge is 0.322 e. The van der Waals surface area contributed by atoms with Crippen LogP contribution in [-0.2, 0) is 9.53 Å². The fourth-order valence-corrected chi connectivity index (χ4v) is 3.16. The van der Waals surface area contributed by atoms with Crippen LogP contribution in [0.15, 0.2) is 48.2 Å². The molecule has 2 heterocycles. The summed E-state index contributed by atoms with van der Waals surface area (Å²) in [6.45, 7) is 5.18. The second kappa shape index (κ2) is 7.06. The summed E-state index contributed by atoms with van der Waals surface area (Å²) in [6, 6.07) is 4.91. The number of carbonyl (C=O) groups excluding carboxylic acids is 2. The first kappa shape index (κ1) is 17.2. The van der Waals surface area contributed by atoms with Crippen LogP contribution < -0.4 is 5.32 Å². The molecule has 0 saturated heterocycles. The Labute approximate surface area is 145 Å². The zero-order valence-corrected chi connectivity index (χ0v) is 14.0. The van der Waals surface area contributed by atoms with Gasteiger partial charge in [0, 0.05) is 20.2 Å². The van der Waals surface area contributed by atoms with E-state index in [9.17, 15) is 14.0 Å². The van der Waals surface area contributed by atoms with Crippen LogP contribution in [-0.4, -0.2) is 55.1 Å². The van der Waals surface area contributed by atoms with Gasteiger partial charge in [0.05, 0.1) is 30.5 Å².